The monoisotopic (exact) mass is 425 g/mol. The van der Waals surface area contributed by atoms with Crippen LogP contribution in [0.25, 0.3) is 0 Å². The van der Waals surface area contributed by atoms with Gasteiger partial charge < -0.3 is 19.9 Å². The summed E-state index contributed by atoms with van der Waals surface area (Å²) >= 11 is 0. The first-order valence-corrected chi connectivity index (χ1v) is 10.9. The number of hydrogen-bond acceptors (Lipinski definition) is 6. The smallest absolute Gasteiger partial charge is 0.238 e. The second-order valence-corrected chi connectivity index (χ2v) is 8.44. The van der Waals surface area contributed by atoms with Gasteiger partial charge in [-0.25, -0.2) is 0 Å². The van der Waals surface area contributed by atoms with Crippen LogP contribution in [-0.4, -0.2) is 73.0 Å². The number of piperazine rings is 1. The molecule has 1 saturated heterocycles. The molecule has 0 bridgehead atoms. The Morgan fingerprint density at radius 3 is 2.45 bits per heavy atom. The van der Waals surface area contributed by atoms with E-state index in [1.807, 2.05) is 50.2 Å². The quantitative estimate of drug-likeness (QED) is 0.709. The molecule has 0 radical (unpaired) electrons. The molecule has 0 saturated carbocycles. The molecule has 31 heavy (non-hydrogen) atoms. The lowest BCUT2D eigenvalue weighted by atomic mass is 10.1. The predicted octanol–water partition coefficient (Wildman–Crippen LogP) is 2.19. The second kappa shape index (κ2) is 9.68. The van der Waals surface area contributed by atoms with Gasteiger partial charge in [0.05, 0.1) is 12.6 Å². The molecule has 0 spiro atoms. The van der Waals surface area contributed by atoms with E-state index in [-0.39, 0.29) is 12.7 Å². The van der Waals surface area contributed by atoms with E-state index in [1.54, 1.807) is 0 Å². The van der Waals surface area contributed by atoms with Crippen molar-refractivity contribution in [1.29, 1.82) is 0 Å². The van der Waals surface area contributed by atoms with Gasteiger partial charge in [-0.15, -0.1) is 0 Å². The zero-order valence-electron chi connectivity index (χ0n) is 18.3. The summed E-state index contributed by atoms with van der Waals surface area (Å²) in [5.41, 5.74) is 4.11. The number of carbonyl (C=O) groups is 1. The van der Waals surface area contributed by atoms with Crippen LogP contribution < -0.4 is 14.8 Å². The highest BCUT2D eigenvalue weighted by atomic mass is 16.7. The van der Waals surface area contributed by atoms with Gasteiger partial charge in [0, 0.05) is 38.4 Å². The summed E-state index contributed by atoms with van der Waals surface area (Å²) in [4.78, 5) is 16.9. The van der Waals surface area contributed by atoms with E-state index in [9.17, 15) is 9.90 Å². The SMILES string of the molecule is Cc1cccc(C)c1NC(=O)CN1CCN(CC(O)Cc2ccc3c(c2)OCO3)CC1. The number of anilines is 1. The summed E-state index contributed by atoms with van der Waals surface area (Å²) < 4.78 is 10.7. The van der Waals surface area contributed by atoms with Crippen molar-refractivity contribution in [2.24, 2.45) is 0 Å². The Kier molecular flexibility index (Phi) is 6.75. The van der Waals surface area contributed by atoms with Crippen LogP contribution in [0.5, 0.6) is 11.5 Å². The highest BCUT2D eigenvalue weighted by Crippen LogP contribution is 2.32. The fourth-order valence-corrected chi connectivity index (χ4v) is 4.23. The minimum atomic E-state index is -0.445. The largest absolute Gasteiger partial charge is 0.454 e. The molecule has 0 aromatic heterocycles. The number of para-hydroxylation sites is 1. The van der Waals surface area contributed by atoms with E-state index in [0.717, 1.165) is 60.1 Å². The Balaban J connectivity index is 1.20. The van der Waals surface area contributed by atoms with E-state index in [0.29, 0.717) is 19.5 Å². The highest BCUT2D eigenvalue weighted by molar-refractivity contribution is 5.93. The molecular weight excluding hydrogens is 394 g/mol. The van der Waals surface area contributed by atoms with Gasteiger partial charge in [-0.05, 0) is 49.1 Å². The Morgan fingerprint density at radius 1 is 1.03 bits per heavy atom. The van der Waals surface area contributed by atoms with Crippen molar-refractivity contribution < 1.29 is 19.4 Å². The van der Waals surface area contributed by atoms with Crippen LogP contribution in [0.3, 0.4) is 0 Å². The summed E-state index contributed by atoms with van der Waals surface area (Å²) in [5, 5.41) is 13.6. The number of aryl methyl sites for hydroxylation is 2. The van der Waals surface area contributed by atoms with Crippen molar-refractivity contribution in [2.75, 3.05) is 51.4 Å². The lowest BCUT2D eigenvalue weighted by molar-refractivity contribution is -0.117. The summed E-state index contributed by atoms with van der Waals surface area (Å²) in [6, 6.07) is 11.8. The third-order valence-corrected chi connectivity index (χ3v) is 5.95. The van der Waals surface area contributed by atoms with E-state index < -0.39 is 6.10 Å². The molecule has 2 aromatic carbocycles. The number of fused-ring (bicyclic) bond motifs is 1. The molecule has 2 heterocycles. The molecule has 1 atom stereocenters. The van der Waals surface area contributed by atoms with Crippen LogP contribution in [0.15, 0.2) is 36.4 Å². The van der Waals surface area contributed by atoms with E-state index >= 15 is 0 Å². The maximum Gasteiger partial charge on any atom is 0.238 e. The fourth-order valence-electron chi connectivity index (χ4n) is 4.23. The first-order valence-electron chi connectivity index (χ1n) is 10.9. The molecule has 1 fully saturated rings. The molecule has 2 N–H and O–H groups in total. The maximum atomic E-state index is 12.5. The third-order valence-electron chi connectivity index (χ3n) is 5.95. The van der Waals surface area contributed by atoms with Crippen LogP contribution >= 0.6 is 0 Å². The van der Waals surface area contributed by atoms with Crippen LogP contribution in [0, 0.1) is 13.8 Å². The first kappa shape index (κ1) is 21.6. The average molecular weight is 426 g/mol. The number of carbonyl (C=O) groups excluding carboxylic acids is 1. The number of aliphatic hydroxyl groups excluding tert-OH is 1. The summed E-state index contributed by atoms with van der Waals surface area (Å²) in [5.74, 6) is 1.53. The average Bonchev–Trinajstić information content (AvgIpc) is 3.20. The van der Waals surface area contributed by atoms with Crippen molar-refractivity contribution in [3.63, 3.8) is 0 Å². The molecule has 1 amide bonds. The summed E-state index contributed by atoms with van der Waals surface area (Å²) in [6.07, 6.45) is 0.133. The van der Waals surface area contributed by atoms with Gasteiger partial charge in [0.25, 0.3) is 0 Å². The van der Waals surface area contributed by atoms with Crippen LogP contribution in [0.4, 0.5) is 5.69 Å². The molecule has 2 aromatic rings. The van der Waals surface area contributed by atoms with Crippen molar-refractivity contribution in [3.05, 3.63) is 53.1 Å². The van der Waals surface area contributed by atoms with Crippen molar-refractivity contribution in [2.45, 2.75) is 26.4 Å². The summed E-state index contributed by atoms with van der Waals surface area (Å²) in [7, 11) is 0. The minimum Gasteiger partial charge on any atom is -0.454 e. The zero-order valence-corrected chi connectivity index (χ0v) is 18.3. The highest BCUT2D eigenvalue weighted by Gasteiger charge is 2.22. The fraction of sp³-hybridized carbons (Fsp3) is 0.458. The predicted molar refractivity (Wildman–Crippen MR) is 120 cm³/mol. The molecule has 0 aliphatic carbocycles. The first-order chi connectivity index (χ1) is 15.0. The normalized spacial score (nSPS) is 17.5. The molecule has 2 aliphatic heterocycles. The third kappa shape index (κ3) is 5.55. The van der Waals surface area contributed by atoms with Crippen LogP contribution in [0.1, 0.15) is 16.7 Å². The Bertz CT molecular complexity index is 905. The van der Waals surface area contributed by atoms with Crippen LogP contribution in [0.2, 0.25) is 0 Å². The van der Waals surface area contributed by atoms with Gasteiger partial charge in [-0.2, -0.15) is 0 Å². The van der Waals surface area contributed by atoms with Gasteiger partial charge in [0.15, 0.2) is 11.5 Å². The number of amides is 1. The molecule has 166 valence electrons. The molecule has 7 heteroatoms. The number of nitrogens with one attached hydrogen (secondary N) is 1. The van der Waals surface area contributed by atoms with Crippen LogP contribution in [-0.2, 0) is 11.2 Å². The molecule has 4 rings (SSSR count). The number of β-amino-alcohol motifs (C(OH)–C–C–N with tert-alkyl or cyclic N) is 1. The lowest BCUT2D eigenvalue weighted by Gasteiger charge is -2.35. The van der Waals surface area contributed by atoms with Gasteiger partial charge in [-0.3, -0.25) is 14.6 Å². The topological polar surface area (TPSA) is 74.3 Å². The number of rotatable bonds is 7. The van der Waals surface area contributed by atoms with Crippen molar-refractivity contribution >= 4 is 11.6 Å². The van der Waals surface area contributed by atoms with Gasteiger partial charge >= 0.3 is 0 Å². The number of nitrogens with zero attached hydrogens (tertiary/aromatic N) is 2. The number of hydrogen-bond donors (Lipinski definition) is 2. The molecule has 1 unspecified atom stereocenters. The Labute approximate surface area is 183 Å². The standard InChI is InChI=1S/C24H31N3O4/c1-17-4-3-5-18(2)24(17)25-23(29)15-27-10-8-26(9-11-27)14-20(28)12-19-6-7-21-22(13-19)31-16-30-21/h3-7,13,20,28H,8-12,14-16H2,1-2H3,(H,25,29). The molecule has 2 aliphatic rings. The number of ether oxygens (including phenoxy) is 2. The van der Waals surface area contributed by atoms with Crippen molar-refractivity contribution in [1.82, 2.24) is 9.80 Å². The Morgan fingerprint density at radius 2 is 1.71 bits per heavy atom. The maximum absolute atomic E-state index is 12.5. The number of aliphatic hydroxyl groups is 1. The van der Waals surface area contributed by atoms with E-state index in [4.69, 9.17) is 9.47 Å². The van der Waals surface area contributed by atoms with E-state index in [2.05, 4.69) is 15.1 Å². The van der Waals surface area contributed by atoms with Gasteiger partial charge in [0.2, 0.25) is 12.7 Å². The summed E-state index contributed by atoms with van der Waals surface area (Å²) in [6.45, 7) is 8.61. The number of benzene rings is 2. The zero-order chi connectivity index (χ0) is 21.8. The molecule has 7 nitrogen and oxygen atoms in total. The minimum absolute atomic E-state index is 0.0219. The van der Waals surface area contributed by atoms with Crippen molar-refractivity contribution in [3.8, 4) is 11.5 Å². The van der Waals surface area contributed by atoms with E-state index in [1.165, 1.54) is 0 Å². The Hall–Kier alpha value is -2.61. The van der Waals surface area contributed by atoms with Gasteiger partial charge in [0.1, 0.15) is 0 Å². The molecular formula is C24H31N3O4. The lowest BCUT2D eigenvalue weighted by Crippen LogP contribution is -2.50. The second-order valence-electron chi connectivity index (χ2n) is 8.44. The van der Waals surface area contributed by atoms with Gasteiger partial charge in [-0.1, -0.05) is 24.3 Å².